The van der Waals surface area contributed by atoms with E-state index in [0.29, 0.717) is 29.2 Å². The van der Waals surface area contributed by atoms with Crippen molar-refractivity contribution in [1.29, 1.82) is 5.41 Å². The van der Waals surface area contributed by atoms with Gasteiger partial charge in [0.15, 0.2) is 0 Å². The number of nitrogens with two attached hydrogens (primary N) is 1. The third kappa shape index (κ3) is 6.08. The number of hydrogen-bond donors (Lipinski definition) is 3. The van der Waals surface area contributed by atoms with E-state index in [1.54, 1.807) is 24.3 Å². The van der Waals surface area contributed by atoms with Gasteiger partial charge in [0.2, 0.25) is 0 Å². The second-order valence-electron chi connectivity index (χ2n) is 9.81. The average molecular weight is 546 g/mol. The number of amides is 1. The Morgan fingerprint density at radius 2 is 1.84 bits per heavy atom. The van der Waals surface area contributed by atoms with Crippen LogP contribution in [0.4, 0.5) is 0 Å². The van der Waals surface area contributed by atoms with Crippen LogP contribution in [-0.4, -0.2) is 40.4 Å². The molecule has 0 spiro atoms. The van der Waals surface area contributed by atoms with E-state index in [4.69, 9.17) is 20.9 Å². The number of benzene rings is 2. The maximum absolute atomic E-state index is 12.7. The van der Waals surface area contributed by atoms with E-state index in [-0.39, 0.29) is 55.5 Å². The summed E-state index contributed by atoms with van der Waals surface area (Å²) >= 11 is 0. The summed E-state index contributed by atoms with van der Waals surface area (Å²) in [5.41, 5.74) is 9.18. The van der Waals surface area contributed by atoms with Gasteiger partial charge in [0, 0.05) is 30.3 Å². The molecule has 0 radical (unpaired) electrons. The Bertz CT molecular complexity index is 1290. The van der Waals surface area contributed by atoms with Crippen molar-refractivity contribution in [1.82, 2.24) is 14.9 Å². The SMILES string of the molecule is Cl.Cl.Cn1c(-c2ccc(C(=N)N)cc2)nc2cc(C(=O)NCCC(=O)OCC3CC4CCC3C4)ccc21. The highest BCUT2D eigenvalue weighted by atomic mass is 35.5. The first-order valence-electron chi connectivity index (χ1n) is 12.2. The number of nitrogen functional groups attached to an aromatic ring is 1. The van der Waals surface area contributed by atoms with Crippen molar-refractivity contribution in [3.8, 4) is 11.4 Å². The molecule has 2 aliphatic carbocycles. The fraction of sp³-hybridized carbons (Fsp3) is 0.407. The molecular formula is C27H33Cl2N5O3. The Morgan fingerprint density at radius 1 is 1.11 bits per heavy atom. The van der Waals surface area contributed by atoms with Crippen molar-refractivity contribution >= 4 is 53.6 Å². The minimum absolute atomic E-state index is 0. The molecule has 3 unspecified atom stereocenters. The number of hydrogen-bond acceptors (Lipinski definition) is 5. The maximum Gasteiger partial charge on any atom is 0.307 e. The number of aromatic nitrogens is 2. The van der Waals surface area contributed by atoms with Crippen LogP contribution in [0.2, 0.25) is 0 Å². The summed E-state index contributed by atoms with van der Waals surface area (Å²) in [5.74, 6) is 2.36. The topological polar surface area (TPSA) is 123 Å². The zero-order valence-electron chi connectivity index (χ0n) is 20.7. The number of carbonyl (C=O) groups excluding carboxylic acids is 2. The van der Waals surface area contributed by atoms with E-state index in [2.05, 4.69) is 5.32 Å². The van der Waals surface area contributed by atoms with Crippen LogP contribution in [0.5, 0.6) is 0 Å². The Kier molecular flexibility index (Phi) is 9.21. The van der Waals surface area contributed by atoms with Crippen molar-refractivity contribution in [2.75, 3.05) is 13.2 Å². The van der Waals surface area contributed by atoms with Gasteiger partial charge in [-0.25, -0.2) is 4.98 Å². The van der Waals surface area contributed by atoms with Crippen LogP contribution < -0.4 is 11.1 Å². The van der Waals surface area contributed by atoms with Gasteiger partial charge < -0.3 is 20.4 Å². The maximum atomic E-state index is 12.7. The smallest absolute Gasteiger partial charge is 0.307 e. The molecule has 5 rings (SSSR count). The number of nitrogens with zero attached hydrogens (tertiary/aromatic N) is 2. The standard InChI is InChI=1S/C27H31N5O3.2ClH/c1-32-23-9-8-20(14-22(23)31-26(32)18-6-4-17(5-7-18)25(28)29)27(34)30-11-10-24(33)35-15-21-13-16-2-3-19(21)12-16;;/h4-9,14,16,19,21H,2-3,10-13,15H2,1H3,(H3,28,29)(H,30,34);2*1H. The molecule has 0 aliphatic heterocycles. The minimum atomic E-state index is -0.256. The van der Waals surface area contributed by atoms with E-state index in [0.717, 1.165) is 28.7 Å². The number of rotatable bonds is 8. The largest absolute Gasteiger partial charge is 0.465 e. The molecule has 2 aliphatic rings. The first-order valence-corrected chi connectivity index (χ1v) is 12.2. The number of carbonyl (C=O) groups is 2. The molecule has 2 fully saturated rings. The molecule has 1 amide bonds. The highest BCUT2D eigenvalue weighted by Gasteiger charge is 2.39. The van der Waals surface area contributed by atoms with Crippen LogP contribution in [0.3, 0.4) is 0 Å². The highest BCUT2D eigenvalue weighted by Crippen LogP contribution is 2.48. The van der Waals surface area contributed by atoms with Crippen LogP contribution in [0.15, 0.2) is 42.5 Å². The molecule has 8 nitrogen and oxygen atoms in total. The molecule has 3 aromatic rings. The second-order valence-corrected chi connectivity index (χ2v) is 9.81. The Hall–Kier alpha value is -3.10. The molecule has 3 atom stereocenters. The minimum Gasteiger partial charge on any atom is -0.465 e. The van der Waals surface area contributed by atoms with Gasteiger partial charge in [0.25, 0.3) is 5.91 Å². The first kappa shape index (κ1) is 28.5. The molecular weight excluding hydrogens is 513 g/mol. The molecule has 1 aromatic heterocycles. The fourth-order valence-corrected chi connectivity index (χ4v) is 5.63. The molecule has 2 saturated carbocycles. The number of fused-ring (bicyclic) bond motifs is 3. The van der Waals surface area contributed by atoms with E-state index >= 15 is 0 Å². The first-order chi connectivity index (χ1) is 16.9. The number of amidine groups is 1. The molecule has 10 heteroatoms. The lowest BCUT2D eigenvalue weighted by Crippen LogP contribution is -2.27. The molecule has 37 heavy (non-hydrogen) atoms. The molecule has 1 heterocycles. The van der Waals surface area contributed by atoms with Gasteiger partial charge in [-0.2, -0.15) is 0 Å². The zero-order chi connectivity index (χ0) is 24.5. The summed E-state index contributed by atoms with van der Waals surface area (Å²) in [4.78, 5) is 29.5. The van der Waals surface area contributed by atoms with Crippen LogP contribution in [0, 0.1) is 23.2 Å². The van der Waals surface area contributed by atoms with Gasteiger partial charge in [-0.1, -0.05) is 30.7 Å². The Morgan fingerprint density at radius 3 is 2.49 bits per heavy atom. The van der Waals surface area contributed by atoms with Crippen molar-refractivity contribution in [3.05, 3.63) is 53.6 Å². The molecule has 2 aromatic carbocycles. The molecule has 198 valence electrons. The fourth-order valence-electron chi connectivity index (χ4n) is 5.63. The number of imidazole rings is 1. The summed E-state index contributed by atoms with van der Waals surface area (Å²) in [6, 6.07) is 12.7. The number of halogens is 2. The quantitative estimate of drug-likeness (QED) is 0.219. The summed E-state index contributed by atoms with van der Waals surface area (Å²) in [7, 11) is 1.92. The molecule has 2 bridgehead atoms. The van der Waals surface area contributed by atoms with Gasteiger partial charge in [-0.3, -0.25) is 15.0 Å². The van der Waals surface area contributed by atoms with Crippen molar-refractivity contribution in [2.24, 2.45) is 30.5 Å². The lowest BCUT2D eigenvalue weighted by atomic mass is 9.90. The van der Waals surface area contributed by atoms with Crippen molar-refractivity contribution in [3.63, 3.8) is 0 Å². The number of ether oxygens (including phenoxy) is 1. The third-order valence-electron chi connectivity index (χ3n) is 7.55. The lowest BCUT2D eigenvalue weighted by Gasteiger charge is -2.21. The monoisotopic (exact) mass is 545 g/mol. The third-order valence-corrected chi connectivity index (χ3v) is 7.55. The summed E-state index contributed by atoms with van der Waals surface area (Å²) in [6.07, 6.45) is 5.26. The normalized spacial score (nSPS) is 19.6. The number of aryl methyl sites for hydroxylation is 1. The van der Waals surface area contributed by atoms with Gasteiger partial charge in [0.05, 0.1) is 24.1 Å². The van der Waals surface area contributed by atoms with E-state index < -0.39 is 0 Å². The molecule has 0 saturated heterocycles. The predicted molar refractivity (Wildman–Crippen MR) is 149 cm³/mol. The van der Waals surface area contributed by atoms with Crippen LogP contribution in [0.25, 0.3) is 22.4 Å². The van der Waals surface area contributed by atoms with Crippen LogP contribution >= 0.6 is 24.8 Å². The van der Waals surface area contributed by atoms with E-state index in [1.807, 2.05) is 29.8 Å². The van der Waals surface area contributed by atoms with Gasteiger partial charge in [0.1, 0.15) is 11.7 Å². The van der Waals surface area contributed by atoms with Gasteiger partial charge in [-0.15, -0.1) is 24.8 Å². The summed E-state index contributed by atoms with van der Waals surface area (Å²) in [6.45, 7) is 0.756. The Labute approximate surface area is 228 Å². The average Bonchev–Trinajstić information content (AvgIpc) is 3.57. The van der Waals surface area contributed by atoms with Crippen LogP contribution in [-0.2, 0) is 16.6 Å². The predicted octanol–water partition coefficient (Wildman–Crippen LogP) is 4.47. The highest BCUT2D eigenvalue weighted by molar-refractivity contribution is 5.98. The van der Waals surface area contributed by atoms with Gasteiger partial charge >= 0.3 is 5.97 Å². The second kappa shape index (κ2) is 12.0. The number of esters is 1. The van der Waals surface area contributed by atoms with Crippen molar-refractivity contribution < 1.29 is 14.3 Å². The van der Waals surface area contributed by atoms with E-state index in [9.17, 15) is 9.59 Å². The van der Waals surface area contributed by atoms with Crippen LogP contribution in [0.1, 0.15) is 48.0 Å². The molecule has 4 N–H and O–H groups in total. The zero-order valence-corrected chi connectivity index (χ0v) is 22.4. The van der Waals surface area contributed by atoms with Gasteiger partial charge in [-0.05, 0) is 55.2 Å². The summed E-state index contributed by atoms with van der Waals surface area (Å²) in [5, 5.41) is 10.4. The van der Waals surface area contributed by atoms with Crippen molar-refractivity contribution in [2.45, 2.75) is 32.1 Å². The Balaban J connectivity index is 0.00000190. The summed E-state index contributed by atoms with van der Waals surface area (Å²) < 4.78 is 7.44. The lowest BCUT2D eigenvalue weighted by molar-refractivity contribution is -0.145. The van der Waals surface area contributed by atoms with E-state index in [1.165, 1.54) is 25.7 Å². The number of nitrogens with one attached hydrogen (secondary N) is 2.